The number of nitrogens with one attached hydrogen (secondary N) is 1. The lowest BCUT2D eigenvalue weighted by molar-refractivity contribution is -0.118. The minimum absolute atomic E-state index is 0.0383. The van der Waals surface area contributed by atoms with Gasteiger partial charge in [-0.3, -0.25) is 9.78 Å². The van der Waals surface area contributed by atoms with Crippen molar-refractivity contribution in [2.24, 2.45) is 5.41 Å². The Morgan fingerprint density at radius 2 is 1.76 bits per heavy atom. The number of hydrogen-bond acceptors (Lipinski definition) is 3. The molecule has 0 unspecified atom stereocenters. The minimum Gasteiger partial charge on any atom is -0.357 e. The molecule has 2 aliphatic rings. The summed E-state index contributed by atoms with van der Waals surface area (Å²) in [6.45, 7) is 4.33. The summed E-state index contributed by atoms with van der Waals surface area (Å²) in [6, 6.07) is 20.8. The average molecular weight is 380 g/mol. The lowest BCUT2D eigenvalue weighted by Crippen LogP contribution is -2.35. The van der Waals surface area contributed by atoms with Gasteiger partial charge < -0.3 is 5.32 Å². The predicted molar refractivity (Wildman–Crippen MR) is 117 cm³/mol. The van der Waals surface area contributed by atoms with Gasteiger partial charge in [0.2, 0.25) is 0 Å². The van der Waals surface area contributed by atoms with Gasteiger partial charge in [-0.2, -0.15) is 0 Å². The smallest absolute Gasteiger partial charge is 0.162 e. The number of nitrogens with zero attached hydrogens (tertiary/aromatic N) is 1. The number of aromatic nitrogens is 1. The van der Waals surface area contributed by atoms with Crippen LogP contribution in [0.15, 0.2) is 84.2 Å². The molecule has 0 radical (unpaired) electrons. The van der Waals surface area contributed by atoms with E-state index in [1.54, 1.807) is 0 Å². The maximum absolute atomic E-state index is 13.2. The molecule has 144 valence electrons. The molecule has 1 aliphatic heterocycles. The van der Waals surface area contributed by atoms with Crippen LogP contribution >= 0.6 is 0 Å². The molecular weight excluding hydrogens is 356 g/mol. The third kappa shape index (κ3) is 3.27. The quantitative estimate of drug-likeness (QED) is 0.629. The standard InChI is InChI=1S/C26H24N2O/c1-26(2)15-23-25(24(29)16-26)20(14-22(28-23)21-9-5-6-12-27-21)19-11-10-17-7-3-4-8-18(17)13-19/h3-14,20,28H,15-16H2,1-2H3/t20-/m0/s1. The molecule has 1 aromatic heterocycles. The van der Waals surface area contributed by atoms with E-state index in [2.05, 4.69) is 72.7 Å². The second kappa shape index (κ2) is 6.70. The van der Waals surface area contributed by atoms with E-state index in [1.807, 2.05) is 24.4 Å². The van der Waals surface area contributed by atoms with Crippen molar-refractivity contribution in [1.82, 2.24) is 10.3 Å². The van der Waals surface area contributed by atoms with Crippen molar-refractivity contribution in [2.75, 3.05) is 0 Å². The Bertz CT molecular complexity index is 1170. The summed E-state index contributed by atoms with van der Waals surface area (Å²) in [5.74, 6) is 0.190. The molecule has 3 heteroatoms. The molecule has 5 rings (SSSR count). The monoisotopic (exact) mass is 380 g/mol. The maximum Gasteiger partial charge on any atom is 0.162 e. The summed E-state index contributed by atoms with van der Waals surface area (Å²) in [6.07, 6.45) is 5.43. The van der Waals surface area contributed by atoms with Gasteiger partial charge in [0.1, 0.15) is 0 Å². The zero-order chi connectivity index (χ0) is 20.0. The molecule has 0 bridgehead atoms. The first-order valence-electron chi connectivity index (χ1n) is 10.2. The van der Waals surface area contributed by atoms with E-state index in [-0.39, 0.29) is 17.1 Å². The van der Waals surface area contributed by atoms with Crippen LogP contribution in [0.5, 0.6) is 0 Å². The number of carbonyl (C=O) groups is 1. The van der Waals surface area contributed by atoms with Crippen molar-refractivity contribution in [3.63, 3.8) is 0 Å². The molecule has 3 nitrogen and oxygen atoms in total. The number of dihydropyridines is 1. The van der Waals surface area contributed by atoms with E-state index in [0.717, 1.165) is 34.6 Å². The number of benzene rings is 2. The summed E-state index contributed by atoms with van der Waals surface area (Å²) < 4.78 is 0. The lowest BCUT2D eigenvalue weighted by atomic mass is 9.70. The van der Waals surface area contributed by atoms with Gasteiger partial charge in [-0.25, -0.2) is 0 Å². The zero-order valence-electron chi connectivity index (χ0n) is 16.8. The summed E-state index contributed by atoms with van der Waals surface area (Å²) in [4.78, 5) is 17.7. The van der Waals surface area contributed by atoms with E-state index in [1.165, 1.54) is 10.8 Å². The molecule has 29 heavy (non-hydrogen) atoms. The molecule has 0 saturated carbocycles. The Kier molecular flexibility index (Phi) is 4.13. The van der Waals surface area contributed by atoms with Crippen molar-refractivity contribution in [2.45, 2.75) is 32.6 Å². The van der Waals surface area contributed by atoms with E-state index in [4.69, 9.17) is 0 Å². The van der Waals surface area contributed by atoms with Crippen molar-refractivity contribution in [1.29, 1.82) is 0 Å². The average Bonchev–Trinajstić information content (AvgIpc) is 2.72. The summed E-state index contributed by atoms with van der Waals surface area (Å²) in [5, 5.41) is 5.96. The second-order valence-electron chi connectivity index (χ2n) is 8.84. The molecular formula is C26H24N2O. The fourth-order valence-corrected chi connectivity index (χ4v) is 4.60. The first kappa shape index (κ1) is 17.9. The number of ketones is 1. The second-order valence-corrected chi connectivity index (χ2v) is 8.84. The third-order valence-electron chi connectivity index (χ3n) is 5.92. The van der Waals surface area contributed by atoms with Gasteiger partial charge in [0.05, 0.1) is 11.4 Å². The maximum atomic E-state index is 13.2. The highest BCUT2D eigenvalue weighted by Crippen LogP contribution is 2.45. The fourth-order valence-electron chi connectivity index (χ4n) is 4.60. The van der Waals surface area contributed by atoms with E-state index in [0.29, 0.717) is 6.42 Å². The summed E-state index contributed by atoms with van der Waals surface area (Å²) >= 11 is 0. The Balaban J connectivity index is 1.67. The Labute approximate surface area is 171 Å². The molecule has 0 amide bonds. The summed E-state index contributed by atoms with van der Waals surface area (Å²) in [7, 11) is 0. The number of fused-ring (bicyclic) bond motifs is 1. The van der Waals surface area contributed by atoms with Crippen LogP contribution in [0.25, 0.3) is 16.5 Å². The van der Waals surface area contributed by atoms with Crippen LogP contribution in [-0.2, 0) is 4.79 Å². The van der Waals surface area contributed by atoms with Crippen molar-refractivity contribution < 1.29 is 4.79 Å². The molecule has 1 atom stereocenters. The van der Waals surface area contributed by atoms with E-state index in [9.17, 15) is 4.79 Å². The number of carbonyl (C=O) groups excluding carboxylic acids is 1. The molecule has 1 N–H and O–H groups in total. The number of hydrogen-bond donors (Lipinski definition) is 1. The van der Waals surface area contributed by atoms with Gasteiger partial charge in [-0.05, 0) is 46.4 Å². The Morgan fingerprint density at radius 3 is 2.55 bits per heavy atom. The SMILES string of the molecule is CC1(C)CC(=O)C2=C(C1)NC(c1ccccn1)=C[C@H]2c1ccc2ccccc2c1. The van der Waals surface area contributed by atoms with Crippen LogP contribution in [0.3, 0.4) is 0 Å². The van der Waals surface area contributed by atoms with Gasteiger partial charge in [0.15, 0.2) is 5.78 Å². The highest BCUT2D eigenvalue weighted by molar-refractivity contribution is 6.01. The van der Waals surface area contributed by atoms with Crippen LogP contribution in [0.4, 0.5) is 0 Å². The predicted octanol–water partition coefficient (Wildman–Crippen LogP) is 5.61. The number of pyridine rings is 1. The van der Waals surface area contributed by atoms with Crippen molar-refractivity contribution in [3.8, 4) is 0 Å². The number of rotatable bonds is 2. The zero-order valence-corrected chi connectivity index (χ0v) is 16.8. The topological polar surface area (TPSA) is 42.0 Å². The molecule has 2 heterocycles. The molecule has 0 fully saturated rings. The number of allylic oxidation sites excluding steroid dienone is 3. The molecule has 2 aromatic carbocycles. The van der Waals surface area contributed by atoms with Gasteiger partial charge in [-0.1, -0.05) is 62.4 Å². The molecule has 3 aromatic rings. The summed E-state index contributed by atoms with van der Waals surface area (Å²) in [5.41, 5.74) is 4.96. The third-order valence-corrected chi connectivity index (χ3v) is 5.92. The van der Waals surface area contributed by atoms with E-state index < -0.39 is 0 Å². The molecule has 0 spiro atoms. The van der Waals surface area contributed by atoms with Crippen LogP contribution < -0.4 is 5.32 Å². The van der Waals surface area contributed by atoms with Gasteiger partial charge >= 0.3 is 0 Å². The van der Waals surface area contributed by atoms with Crippen molar-refractivity contribution >= 4 is 22.3 Å². The van der Waals surface area contributed by atoms with Gasteiger partial charge in [0.25, 0.3) is 0 Å². The largest absolute Gasteiger partial charge is 0.357 e. The van der Waals surface area contributed by atoms with E-state index >= 15 is 0 Å². The normalized spacial score (nSPS) is 20.8. The molecule has 0 saturated heterocycles. The van der Waals surface area contributed by atoms with Gasteiger partial charge in [-0.15, -0.1) is 0 Å². The highest BCUT2D eigenvalue weighted by atomic mass is 16.1. The van der Waals surface area contributed by atoms with Crippen LogP contribution in [0.2, 0.25) is 0 Å². The van der Waals surface area contributed by atoms with Crippen LogP contribution in [0, 0.1) is 5.41 Å². The van der Waals surface area contributed by atoms with Crippen LogP contribution in [0.1, 0.15) is 43.9 Å². The Morgan fingerprint density at radius 1 is 0.966 bits per heavy atom. The first-order valence-corrected chi connectivity index (χ1v) is 10.2. The van der Waals surface area contributed by atoms with Crippen LogP contribution in [-0.4, -0.2) is 10.8 Å². The lowest BCUT2D eigenvalue weighted by Gasteiger charge is -2.38. The molecule has 1 aliphatic carbocycles. The van der Waals surface area contributed by atoms with Gasteiger partial charge in [0, 0.05) is 29.8 Å². The minimum atomic E-state index is -0.0588. The number of Topliss-reactive ketones (excluding diaryl/α,β-unsaturated/α-hetero) is 1. The first-order chi connectivity index (χ1) is 14.0. The van der Waals surface area contributed by atoms with Crippen molar-refractivity contribution in [3.05, 3.63) is 95.5 Å². The fraction of sp³-hybridized carbons (Fsp3) is 0.231. The Hall–Kier alpha value is -3.20. The highest BCUT2D eigenvalue weighted by Gasteiger charge is 2.38.